The van der Waals surface area contributed by atoms with Crippen LogP contribution < -0.4 is 5.32 Å². The molecule has 32 heavy (non-hydrogen) atoms. The summed E-state index contributed by atoms with van der Waals surface area (Å²) in [6.45, 7) is 6.04. The molecule has 4 rings (SSSR count). The molecule has 2 aromatic rings. The molecule has 2 aliphatic rings. The first-order chi connectivity index (χ1) is 15.3. The van der Waals surface area contributed by atoms with E-state index in [0.717, 1.165) is 26.1 Å². The monoisotopic (exact) mass is 476 g/mol. The molecular weight excluding hydrogens is 448 g/mol. The van der Waals surface area contributed by atoms with Gasteiger partial charge >= 0.3 is 0 Å². The number of thiophene rings is 1. The van der Waals surface area contributed by atoms with Crippen molar-refractivity contribution in [1.82, 2.24) is 19.4 Å². The van der Waals surface area contributed by atoms with Crippen LogP contribution in [0.2, 0.25) is 0 Å². The van der Waals surface area contributed by atoms with Gasteiger partial charge in [-0.3, -0.25) is 14.5 Å². The number of hydrogen-bond donors (Lipinski definition) is 1. The van der Waals surface area contributed by atoms with Gasteiger partial charge in [-0.1, -0.05) is 0 Å². The van der Waals surface area contributed by atoms with E-state index in [2.05, 4.69) is 21.7 Å². The van der Waals surface area contributed by atoms with Crippen molar-refractivity contribution in [2.45, 2.75) is 24.8 Å². The lowest BCUT2D eigenvalue weighted by atomic mass is 10.1. The summed E-state index contributed by atoms with van der Waals surface area (Å²) in [6.07, 6.45) is 1.06. The molecule has 1 saturated heterocycles. The van der Waals surface area contributed by atoms with Gasteiger partial charge in [-0.05, 0) is 47.7 Å². The first kappa shape index (κ1) is 22.9. The van der Waals surface area contributed by atoms with Gasteiger partial charge in [-0.25, -0.2) is 8.42 Å². The topological polar surface area (TPSA) is 90.0 Å². The third-order valence-corrected chi connectivity index (χ3v) is 8.97. The zero-order valence-electron chi connectivity index (χ0n) is 18.1. The number of rotatable bonds is 6. The normalized spacial score (nSPS) is 17.7. The van der Waals surface area contributed by atoms with Crippen molar-refractivity contribution in [3.63, 3.8) is 0 Å². The summed E-state index contributed by atoms with van der Waals surface area (Å²) in [5, 5.41) is 5.06. The Hall–Kier alpha value is -2.27. The van der Waals surface area contributed by atoms with Crippen molar-refractivity contribution >= 4 is 33.2 Å². The number of benzene rings is 1. The van der Waals surface area contributed by atoms with Gasteiger partial charge in [0.15, 0.2) is 0 Å². The van der Waals surface area contributed by atoms with E-state index in [1.165, 1.54) is 33.8 Å². The van der Waals surface area contributed by atoms with Crippen LogP contribution >= 0.6 is 11.3 Å². The van der Waals surface area contributed by atoms with Crippen molar-refractivity contribution in [2.24, 2.45) is 0 Å². The van der Waals surface area contributed by atoms with E-state index >= 15 is 0 Å². The Labute approximate surface area is 192 Å². The summed E-state index contributed by atoms with van der Waals surface area (Å²) < 4.78 is 27.1. The number of hydrogen-bond acceptors (Lipinski definition) is 6. The molecule has 0 atom stereocenters. The van der Waals surface area contributed by atoms with Crippen molar-refractivity contribution in [1.29, 1.82) is 0 Å². The van der Waals surface area contributed by atoms with Gasteiger partial charge in [-0.15, -0.1) is 11.3 Å². The predicted octanol–water partition coefficient (Wildman–Crippen LogP) is 1.39. The minimum Gasteiger partial charge on any atom is -0.351 e. The van der Waals surface area contributed by atoms with Gasteiger partial charge in [0, 0.05) is 69.7 Å². The lowest BCUT2D eigenvalue weighted by molar-refractivity contribution is -0.129. The molecule has 2 aliphatic heterocycles. The third kappa shape index (κ3) is 5.03. The van der Waals surface area contributed by atoms with E-state index in [1.54, 1.807) is 17.0 Å². The second-order valence-electron chi connectivity index (χ2n) is 8.09. The van der Waals surface area contributed by atoms with E-state index in [1.807, 2.05) is 11.3 Å². The van der Waals surface area contributed by atoms with Gasteiger partial charge in [0.1, 0.15) is 0 Å². The molecule has 10 heteroatoms. The molecule has 1 aromatic carbocycles. The Bertz CT molecular complexity index is 1070. The van der Waals surface area contributed by atoms with Crippen LogP contribution in [0.15, 0.2) is 40.6 Å². The molecule has 2 amide bonds. The van der Waals surface area contributed by atoms with Gasteiger partial charge in [-0.2, -0.15) is 4.31 Å². The van der Waals surface area contributed by atoms with Crippen molar-refractivity contribution in [3.05, 3.63) is 51.7 Å². The maximum atomic E-state index is 12.9. The van der Waals surface area contributed by atoms with Gasteiger partial charge in [0.25, 0.3) is 5.91 Å². The number of nitrogens with zero attached hydrogens (tertiary/aromatic N) is 3. The molecule has 0 unspecified atom stereocenters. The van der Waals surface area contributed by atoms with Crippen LogP contribution in [0.25, 0.3) is 0 Å². The maximum Gasteiger partial charge on any atom is 0.251 e. The molecule has 8 nitrogen and oxygen atoms in total. The highest BCUT2D eigenvalue weighted by Crippen LogP contribution is 2.23. The lowest BCUT2D eigenvalue weighted by Gasteiger charge is -2.33. The molecular formula is C22H28N4O4S2. The Kier molecular flexibility index (Phi) is 6.94. The SMILES string of the molecule is CC(=O)N1CCN(S(=O)(=O)c2ccc(C(=O)NCCN3CCc4sccc4C3)cc2)CC1. The van der Waals surface area contributed by atoms with E-state index in [-0.39, 0.29) is 29.8 Å². The molecule has 0 aliphatic carbocycles. The quantitative estimate of drug-likeness (QED) is 0.681. The summed E-state index contributed by atoms with van der Waals surface area (Å²) in [7, 11) is -3.65. The summed E-state index contributed by atoms with van der Waals surface area (Å²) in [5.74, 6) is -0.258. The van der Waals surface area contributed by atoms with Crippen LogP contribution in [0.4, 0.5) is 0 Å². The molecule has 1 fully saturated rings. The minimum atomic E-state index is -3.65. The Morgan fingerprint density at radius 1 is 1.03 bits per heavy atom. The van der Waals surface area contributed by atoms with Crippen LogP contribution in [-0.2, 0) is 27.8 Å². The van der Waals surface area contributed by atoms with E-state index in [0.29, 0.717) is 25.2 Å². The third-order valence-electron chi connectivity index (χ3n) is 6.04. The summed E-state index contributed by atoms with van der Waals surface area (Å²) in [6, 6.07) is 8.22. The molecule has 172 valence electrons. The van der Waals surface area contributed by atoms with Gasteiger partial charge in [0.2, 0.25) is 15.9 Å². The highest BCUT2D eigenvalue weighted by molar-refractivity contribution is 7.89. The standard InChI is InChI=1S/C22H28N4O4S2/c1-17(27)25-11-13-26(14-12-25)32(29,30)20-4-2-18(3-5-20)22(28)23-8-10-24-9-6-21-19(16-24)7-15-31-21/h2-5,7,15H,6,8-14,16H2,1H3,(H,23,28). The van der Waals surface area contributed by atoms with E-state index < -0.39 is 10.0 Å². The van der Waals surface area contributed by atoms with Crippen LogP contribution in [-0.4, -0.2) is 80.2 Å². The Morgan fingerprint density at radius 2 is 1.75 bits per heavy atom. The summed E-state index contributed by atoms with van der Waals surface area (Å²) >= 11 is 1.81. The van der Waals surface area contributed by atoms with Crippen LogP contribution in [0.1, 0.15) is 27.7 Å². The second-order valence-corrected chi connectivity index (χ2v) is 11.0. The number of carbonyl (C=O) groups excluding carboxylic acids is 2. The number of carbonyl (C=O) groups is 2. The average Bonchev–Trinajstić information content (AvgIpc) is 3.27. The maximum absolute atomic E-state index is 12.9. The summed E-state index contributed by atoms with van der Waals surface area (Å²) in [4.78, 5) is 29.5. The number of amides is 2. The number of fused-ring (bicyclic) bond motifs is 1. The Balaban J connectivity index is 1.28. The molecule has 0 radical (unpaired) electrons. The predicted molar refractivity (Wildman–Crippen MR) is 123 cm³/mol. The first-order valence-corrected chi connectivity index (χ1v) is 13.1. The van der Waals surface area contributed by atoms with E-state index in [9.17, 15) is 18.0 Å². The smallest absolute Gasteiger partial charge is 0.251 e. The van der Waals surface area contributed by atoms with Crippen LogP contribution in [0.3, 0.4) is 0 Å². The molecule has 3 heterocycles. The molecule has 1 aromatic heterocycles. The van der Waals surface area contributed by atoms with Crippen LogP contribution in [0, 0.1) is 0 Å². The summed E-state index contributed by atoms with van der Waals surface area (Å²) in [5.41, 5.74) is 1.82. The van der Waals surface area contributed by atoms with Crippen molar-refractivity contribution < 1.29 is 18.0 Å². The first-order valence-electron chi connectivity index (χ1n) is 10.8. The highest BCUT2D eigenvalue weighted by Gasteiger charge is 2.29. The lowest BCUT2D eigenvalue weighted by Crippen LogP contribution is -2.49. The zero-order valence-corrected chi connectivity index (χ0v) is 19.8. The van der Waals surface area contributed by atoms with Crippen molar-refractivity contribution in [2.75, 3.05) is 45.8 Å². The minimum absolute atomic E-state index is 0.0473. The fourth-order valence-electron chi connectivity index (χ4n) is 4.10. The van der Waals surface area contributed by atoms with Crippen LogP contribution in [0.5, 0.6) is 0 Å². The van der Waals surface area contributed by atoms with Crippen molar-refractivity contribution in [3.8, 4) is 0 Å². The number of piperazine rings is 1. The van der Waals surface area contributed by atoms with Gasteiger partial charge in [0.05, 0.1) is 4.90 Å². The molecule has 0 bridgehead atoms. The van der Waals surface area contributed by atoms with E-state index in [4.69, 9.17) is 0 Å². The molecule has 0 saturated carbocycles. The average molecular weight is 477 g/mol. The zero-order chi connectivity index (χ0) is 22.7. The fraction of sp³-hybridized carbons (Fsp3) is 0.455. The highest BCUT2D eigenvalue weighted by atomic mass is 32.2. The largest absolute Gasteiger partial charge is 0.351 e. The number of nitrogens with one attached hydrogen (secondary N) is 1. The van der Waals surface area contributed by atoms with Gasteiger partial charge < -0.3 is 10.2 Å². The number of sulfonamides is 1. The Morgan fingerprint density at radius 3 is 2.44 bits per heavy atom. The fourth-order valence-corrected chi connectivity index (χ4v) is 6.41. The molecule has 0 spiro atoms. The second kappa shape index (κ2) is 9.70. The molecule has 1 N–H and O–H groups in total.